The lowest BCUT2D eigenvalue weighted by Crippen LogP contribution is -2.47. The van der Waals surface area contributed by atoms with Crippen molar-refractivity contribution in [3.05, 3.63) is 35.1 Å². The lowest BCUT2D eigenvalue weighted by atomic mass is 9.86. The predicted octanol–water partition coefficient (Wildman–Crippen LogP) is 0.698. The summed E-state index contributed by atoms with van der Waals surface area (Å²) in [5.41, 5.74) is 11.0. The van der Waals surface area contributed by atoms with Gasteiger partial charge in [0.05, 0.1) is 0 Å². The predicted molar refractivity (Wildman–Crippen MR) is 76.5 cm³/mol. The third-order valence-corrected chi connectivity index (χ3v) is 4.19. The molecule has 1 aromatic rings. The number of primary amides is 1. The first-order valence-corrected chi connectivity index (χ1v) is 7.27. The Balaban J connectivity index is 1.95. The number of hydrogen-bond donors (Lipinski definition) is 2. The van der Waals surface area contributed by atoms with Crippen LogP contribution in [-0.4, -0.2) is 35.8 Å². The van der Waals surface area contributed by atoms with Crippen molar-refractivity contribution in [2.24, 2.45) is 17.4 Å². The van der Waals surface area contributed by atoms with Gasteiger partial charge in [-0.3, -0.25) is 9.59 Å². The van der Waals surface area contributed by atoms with Gasteiger partial charge in [0.15, 0.2) is 11.6 Å². The van der Waals surface area contributed by atoms with Crippen molar-refractivity contribution in [2.75, 3.05) is 13.1 Å². The van der Waals surface area contributed by atoms with E-state index in [0.29, 0.717) is 32.0 Å². The van der Waals surface area contributed by atoms with E-state index < -0.39 is 35.3 Å². The number of halogens is 3. The van der Waals surface area contributed by atoms with Crippen molar-refractivity contribution in [2.45, 2.75) is 25.3 Å². The zero-order chi connectivity index (χ0) is 17.1. The van der Waals surface area contributed by atoms with Crippen LogP contribution < -0.4 is 11.5 Å². The Bertz CT molecular complexity index is 616. The number of amides is 2. The Morgan fingerprint density at radius 2 is 1.70 bits per heavy atom. The molecular formula is C15H18F3N3O2. The summed E-state index contributed by atoms with van der Waals surface area (Å²) >= 11 is 0. The zero-order valence-corrected chi connectivity index (χ0v) is 12.4. The summed E-state index contributed by atoms with van der Waals surface area (Å²) in [5, 5.41) is 0. The third-order valence-electron chi connectivity index (χ3n) is 4.19. The van der Waals surface area contributed by atoms with Gasteiger partial charge in [0, 0.05) is 25.2 Å². The molecule has 1 fully saturated rings. The number of hydrogen-bond acceptors (Lipinski definition) is 3. The molecular weight excluding hydrogens is 311 g/mol. The Labute approximate surface area is 131 Å². The van der Waals surface area contributed by atoms with Crippen LogP contribution in [0.25, 0.3) is 0 Å². The van der Waals surface area contributed by atoms with E-state index in [2.05, 4.69) is 0 Å². The van der Waals surface area contributed by atoms with E-state index >= 15 is 0 Å². The van der Waals surface area contributed by atoms with E-state index in [9.17, 15) is 22.8 Å². The molecule has 2 rings (SSSR count). The van der Waals surface area contributed by atoms with Crippen LogP contribution in [0, 0.1) is 23.4 Å². The molecule has 0 saturated carbocycles. The first-order chi connectivity index (χ1) is 10.8. The van der Waals surface area contributed by atoms with Crippen molar-refractivity contribution in [3.8, 4) is 0 Å². The number of likely N-dealkylation sites (tertiary alicyclic amines) is 1. The topological polar surface area (TPSA) is 89.4 Å². The highest BCUT2D eigenvalue weighted by Gasteiger charge is 2.29. The minimum atomic E-state index is -1.24. The summed E-state index contributed by atoms with van der Waals surface area (Å²) in [4.78, 5) is 23.7. The van der Waals surface area contributed by atoms with Crippen LogP contribution in [0.4, 0.5) is 13.2 Å². The highest BCUT2D eigenvalue weighted by Crippen LogP contribution is 2.23. The largest absolute Gasteiger partial charge is 0.361 e. The summed E-state index contributed by atoms with van der Waals surface area (Å²) in [5.74, 6) is -4.94. The van der Waals surface area contributed by atoms with E-state index in [-0.39, 0.29) is 17.9 Å². The average Bonchev–Trinajstić information content (AvgIpc) is 2.51. The normalized spacial score (nSPS) is 17.1. The Hall–Kier alpha value is -2.09. The summed E-state index contributed by atoms with van der Waals surface area (Å²) in [6.07, 6.45) is 1.13. The third kappa shape index (κ3) is 4.01. The van der Waals surface area contributed by atoms with Gasteiger partial charge in [0.25, 0.3) is 0 Å². The average molecular weight is 329 g/mol. The maximum atomic E-state index is 13.6. The monoisotopic (exact) mass is 329 g/mol. The van der Waals surface area contributed by atoms with E-state index in [0.717, 1.165) is 6.07 Å². The molecule has 5 nitrogen and oxygen atoms in total. The highest BCUT2D eigenvalue weighted by atomic mass is 19.2. The zero-order valence-electron chi connectivity index (χ0n) is 12.4. The lowest BCUT2D eigenvalue weighted by molar-refractivity contribution is -0.145. The van der Waals surface area contributed by atoms with E-state index in [1.807, 2.05) is 0 Å². The molecule has 1 aliphatic heterocycles. The molecule has 1 saturated heterocycles. The minimum absolute atomic E-state index is 0.0144. The fourth-order valence-electron chi connectivity index (χ4n) is 2.83. The summed E-state index contributed by atoms with van der Waals surface area (Å²) in [6, 6.07) is 0.863. The molecule has 0 bridgehead atoms. The molecule has 8 heteroatoms. The second-order valence-corrected chi connectivity index (χ2v) is 5.72. The molecule has 0 unspecified atom stereocenters. The minimum Gasteiger partial charge on any atom is -0.361 e. The highest BCUT2D eigenvalue weighted by molar-refractivity contribution is 6.34. The second-order valence-electron chi connectivity index (χ2n) is 5.72. The summed E-state index contributed by atoms with van der Waals surface area (Å²) in [6.45, 7) is 0.667. The van der Waals surface area contributed by atoms with E-state index in [1.165, 1.54) is 4.90 Å². The SMILES string of the molecule is NC(=O)C(=O)N1CCC([C@H](N)Cc2cc(F)c(F)cc2F)CC1. The van der Waals surface area contributed by atoms with Crippen molar-refractivity contribution in [3.63, 3.8) is 0 Å². The number of nitrogens with two attached hydrogens (primary N) is 2. The number of carbonyl (C=O) groups excluding carboxylic acids is 2. The molecule has 0 spiro atoms. The maximum Gasteiger partial charge on any atom is 0.311 e. The van der Waals surface area contributed by atoms with Crippen LogP contribution in [-0.2, 0) is 16.0 Å². The van der Waals surface area contributed by atoms with Gasteiger partial charge in [0.2, 0.25) is 0 Å². The van der Waals surface area contributed by atoms with Gasteiger partial charge in [-0.1, -0.05) is 0 Å². The molecule has 23 heavy (non-hydrogen) atoms. The molecule has 1 aliphatic rings. The quantitative estimate of drug-likeness (QED) is 0.632. The number of benzene rings is 1. The van der Waals surface area contributed by atoms with Gasteiger partial charge in [0.1, 0.15) is 5.82 Å². The first-order valence-electron chi connectivity index (χ1n) is 7.27. The van der Waals surface area contributed by atoms with Crippen molar-refractivity contribution >= 4 is 11.8 Å². The molecule has 0 radical (unpaired) electrons. The van der Waals surface area contributed by atoms with Gasteiger partial charge in [-0.25, -0.2) is 13.2 Å². The van der Waals surface area contributed by atoms with Crippen LogP contribution in [0.1, 0.15) is 18.4 Å². The van der Waals surface area contributed by atoms with Gasteiger partial charge in [-0.2, -0.15) is 0 Å². The van der Waals surface area contributed by atoms with Gasteiger partial charge in [-0.05, 0) is 36.8 Å². The fraction of sp³-hybridized carbons (Fsp3) is 0.467. The Kier molecular flexibility index (Phi) is 5.25. The molecule has 1 heterocycles. The van der Waals surface area contributed by atoms with E-state index in [1.54, 1.807) is 0 Å². The number of rotatable bonds is 3. The van der Waals surface area contributed by atoms with E-state index in [4.69, 9.17) is 11.5 Å². The Morgan fingerprint density at radius 3 is 2.26 bits per heavy atom. The lowest BCUT2D eigenvalue weighted by Gasteiger charge is -2.34. The maximum absolute atomic E-state index is 13.6. The molecule has 0 aliphatic carbocycles. The fourth-order valence-corrected chi connectivity index (χ4v) is 2.83. The Morgan fingerprint density at radius 1 is 1.13 bits per heavy atom. The van der Waals surface area contributed by atoms with Crippen LogP contribution in [0.15, 0.2) is 12.1 Å². The summed E-state index contributed by atoms with van der Waals surface area (Å²) < 4.78 is 39.8. The molecule has 0 aromatic heterocycles. The number of piperidine rings is 1. The number of carbonyl (C=O) groups is 2. The van der Waals surface area contributed by atoms with Crippen LogP contribution in [0.3, 0.4) is 0 Å². The number of nitrogens with zero attached hydrogens (tertiary/aromatic N) is 1. The van der Waals surface area contributed by atoms with Crippen molar-refractivity contribution in [1.29, 1.82) is 0 Å². The van der Waals surface area contributed by atoms with Crippen LogP contribution in [0.5, 0.6) is 0 Å². The molecule has 1 atom stereocenters. The second kappa shape index (κ2) is 6.99. The smallest absolute Gasteiger partial charge is 0.311 e. The van der Waals surface area contributed by atoms with Crippen LogP contribution in [0.2, 0.25) is 0 Å². The first kappa shape index (κ1) is 17.3. The van der Waals surface area contributed by atoms with Crippen LogP contribution >= 0.6 is 0 Å². The van der Waals surface area contributed by atoms with Crippen molar-refractivity contribution in [1.82, 2.24) is 4.90 Å². The standard InChI is InChI=1S/C15H18F3N3O2/c16-10-7-12(18)11(17)5-9(10)6-13(19)8-1-3-21(4-2-8)15(23)14(20)22/h5,7-8,13H,1-4,6,19H2,(H2,20,22)/t13-/m1/s1. The molecule has 4 N–H and O–H groups in total. The van der Waals surface area contributed by atoms with Crippen molar-refractivity contribution < 1.29 is 22.8 Å². The summed E-state index contributed by atoms with van der Waals surface area (Å²) in [7, 11) is 0. The molecule has 126 valence electrons. The molecule has 2 amide bonds. The molecule has 1 aromatic carbocycles. The van der Waals surface area contributed by atoms with Gasteiger partial charge >= 0.3 is 11.8 Å². The van der Waals surface area contributed by atoms with Gasteiger partial charge in [-0.15, -0.1) is 0 Å². The van der Waals surface area contributed by atoms with Gasteiger partial charge < -0.3 is 16.4 Å².